The van der Waals surface area contributed by atoms with Crippen molar-refractivity contribution >= 4 is 15.0 Å². The van der Waals surface area contributed by atoms with Crippen LogP contribution in [0, 0.1) is 0 Å². The monoisotopic (exact) mass is 177 g/mol. The molecule has 1 aliphatic heterocycles. The molecule has 0 bridgehead atoms. The van der Waals surface area contributed by atoms with Crippen LogP contribution in [0.1, 0.15) is 0 Å². The van der Waals surface area contributed by atoms with Crippen LogP contribution in [-0.4, -0.2) is 39.0 Å². The standard InChI is InChI=1S/C5H11N3O2S/c6-1-4-11(9,10)5-7-2-3-8-5/h1-4,6H2,(H,7,8). The van der Waals surface area contributed by atoms with E-state index in [1.807, 2.05) is 0 Å². The van der Waals surface area contributed by atoms with Crippen molar-refractivity contribution in [2.45, 2.75) is 0 Å². The Hall–Kier alpha value is -0.620. The van der Waals surface area contributed by atoms with E-state index in [9.17, 15) is 8.42 Å². The van der Waals surface area contributed by atoms with Gasteiger partial charge in [-0.1, -0.05) is 0 Å². The molecule has 0 fully saturated rings. The molecule has 0 atom stereocenters. The number of nitrogens with zero attached hydrogens (tertiary/aromatic N) is 1. The van der Waals surface area contributed by atoms with Crippen molar-refractivity contribution in [1.82, 2.24) is 5.32 Å². The van der Waals surface area contributed by atoms with Gasteiger partial charge in [0.2, 0.25) is 15.0 Å². The highest BCUT2D eigenvalue weighted by atomic mass is 32.2. The lowest BCUT2D eigenvalue weighted by atomic mass is 10.7. The molecule has 6 heteroatoms. The summed E-state index contributed by atoms with van der Waals surface area (Å²) in [5.74, 6) is -0.0289. The van der Waals surface area contributed by atoms with Gasteiger partial charge in [-0.2, -0.15) is 0 Å². The predicted molar refractivity (Wildman–Crippen MR) is 43.1 cm³/mol. The molecule has 5 nitrogen and oxygen atoms in total. The topological polar surface area (TPSA) is 84.6 Å². The Bertz CT molecular complexity index is 257. The van der Waals surface area contributed by atoms with Gasteiger partial charge in [-0.15, -0.1) is 0 Å². The highest BCUT2D eigenvalue weighted by Crippen LogP contribution is 1.96. The summed E-state index contributed by atoms with van der Waals surface area (Å²) >= 11 is 0. The number of hydrogen-bond donors (Lipinski definition) is 2. The Morgan fingerprint density at radius 2 is 2.36 bits per heavy atom. The average Bonchev–Trinajstić information content (AvgIpc) is 2.37. The molecule has 0 amide bonds. The fraction of sp³-hybridized carbons (Fsp3) is 0.800. The second-order valence-electron chi connectivity index (χ2n) is 2.22. The number of nitrogens with one attached hydrogen (secondary N) is 1. The number of hydrogen-bond acceptors (Lipinski definition) is 5. The van der Waals surface area contributed by atoms with Crippen LogP contribution in [-0.2, 0) is 9.84 Å². The van der Waals surface area contributed by atoms with Crippen molar-refractivity contribution in [3.63, 3.8) is 0 Å². The fourth-order valence-corrected chi connectivity index (χ4v) is 1.95. The molecule has 11 heavy (non-hydrogen) atoms. The fourth-order valence-electron chi connectivity index (χ4n) is 0.836. The molecule has 0 saturated carbocycles. The summed E-state index contributed by atoms with van der Waals surface area (Å²) in [5.41, 5.74) is 5.12. The molecule has 0 aromatic carbocycles. The van der Waals surface area contributed by atoms with Crippen LogP contribution in [0.5, 0.6) is 0 Å². The third-order valence-electron chi connectivity index (χ3n) is 1.32. The van der Waals surface area contributed by atoms with E-state index in [1.165, 1.54) is 0 Å². The summed E-state index contributed by atoms with van der Waals surface area (Å²) in [5, 5.41) is 2.79. The smallest absolute Gasteiger partial charge is 0.216 e. The Morgan fingerprint density at radius 3 is 2.82 bits per heavy atom. The van der Waals surface area contributed by atoms with Crippen LogP contribution in [0.2, 0.25) is 0 Å². The summed E-state index contributed by atoms with van der Waals surface area (Å²) in [4.78, 5) is 3.79. The quantitative estimate of drug-likeness (QED) is 0.527. The zero-order valence-electron chi connectivity index (χ0n) is 6.08. The molecule has 3 N–H and O–H groups in total. The minimum atomic E-state index is -3.20. The zero-order valence-corrected chi connectivity index (χ0v) is 6.89. The third kappa shape index (κ3) is 1.90. The summed E-state index contributed by atoms with van der Waals surface area (Å²) < 4.78 is 22.3. The van der Waals surface area contributed by atoms with Gasteiger partial charge in [0.05, 0.1) is 12.3 Å². The summed E-state index contributed by atoms with van der Waals surface area (Å²) in [6.45, 7) is 1.29. The molecule has 0 aromatic heterocycles. The molecule has 1 rings (SSSR count). The van der Waals surface area contributed by atoms with Crippen molar-refractivity contribution in [2.75, 3.05) is 25.4 Å². The Labute approximate surface area is 65.6 Å². The number of aliphatic imine (C=N–C) groups is 1. The van der Waals surface area contributed by atoms with Gasteiger partial charge in [0, 0.05) is 13.1 Å². The largest absolute Gasteiger partial charge is 0.359 e. The van der Waals surface area contributed by atoms with Gasteiger partial charge in [-0.3, -0.25) is 4.99 Å². The van der Waals surface area contributed by atoms with Crippen molar-refractivity contribution in [1.29, 1.82) is 0 Å². The molecular formula is C5H11N3O2S. The van der Waals surface area contributed by atoms with Crippen LogP contribution in [0.15, 0.2) is 4.99 Å². The number of amidine groups is 1. The second kappa shape index (κ2) is 3.19. The van der Waals surface area contributed by atoms with E-state index in [2.05, 4.69) is 10.3 Å². The Morgan fingerprint density at radius 1 is 1.64 bits per heavy atom. The van der Waals surface area contributed by atoms with Crippen molar-refractivity contribution in [3.05, 3.63) is 0 Å². The first-order valence-corrected chi connectivity index (χ1v) is 5.03. The summed E-state index contributed by atoms with van der Waals surface area (Å²) in [7, 11) is -3.20. The molecule has 0 spiro atoms. The normalized spacial score (nSPS) is 17.7. The first kappa shape index (κ1) is 8.48. The zero-order chi connectivity index (χ0) is 8.32. The maximum atomic E-state index is 11.2. The third-order valence-corrected chi connectivity index (χ3v) is 2.96. The predicted octanol–water partition coefficient (Wildman–Crippen LogP) is -1.68. The molecule has 1 aliphatic rings. The molecule has 1 heterocycles. The molecule has 64 valence electrons. The summed E-state index contributed by atoms with van der Waals surface area (Å²) in [6.07, 6.45) is 0. The lowest BCUT2D eigenvalue weighted by molar-refractivity contribution is 0.606. The lowest BCUT2D eigenvalue weighted by Gasteiger charge is -2.01. The Kier molecular flexibility index (Phi) is 2.45. The van der Waals surface area contributed by atoms with Gasteiger partial charge >= 0.3 is 0 Å². The number of sulfone groups is 1. The Balaban J connectivity index is 2.72. The molecule has 0 aromatic rings. The van der Waals surface area contributed by atoms with Gasteiger partial charge in [-0.05, 0) is 0 Å². The SMILES string of the molecule is NCCS(=O)(=O)C1=NCCN1. The van der Waals surface area contributed by atoms with Crippen molar-refractivity contribution in [2.24, 2.45) is 10.7 Å². The molecule has 0 saturated heterocycles. The van der Waals surface area contributed by atoms with E-state index in [1.54, 1.807) is 0 Å². The average molecular weight is 177 g/mol. The van der Waals surface area contributed by atoms with Gasteiger partial charge in [0.25, 0.3) is 0 Å². The van der Waals surface area contributed by atoms with Crippen LogP contribution in [0.4, 0.5) is 0 Å². The van der Waals surface area contributed by atoms with Gasteiger partial charge in [-0.25, -0.2) is 8.42 Å². The van der Waals surface area contributed by atoms with Crippen LogP contribution in [0.3, 0.4) is 0 Å². The molecule has 0 radical (unpaired) electrons. The summed E-state index contributed by atoms with van der Waals surface area (Å²) in [6, 6.07) is 0. The number of rotatable bonds is 2. The minimum Gasteiger partial charge on any atom is -0.359 e. The molecular weight excluding hydrogens is 166 g/mol. The molecule has 0 unspecified atom stereocenters. The van der Waals surface area contributed by atoms with E-state index in [4.69, 9.17) is 5.73 Å². The van der Waals surface area contributed by atoms with Gasteiger partial charge in [0.1, 0.15) is 0 Å². The highest BCUT2D eigenvalue weighted by Gasteiger charge is 2.20. The van der Waals surface area contributed by atoms with E-state index in [0.29, 0.717) is 13.1 Å². The van der Waals surface area contributed by atoms with Crippen LogP contribution < -0.4 is 11.1 Å². The number of nitrogens with two attached hydrogens (primary N) is 1. The maximum absolute atomic E-state index is 11.2. The van der Waals surface area contributed by atoms with Gasteiger partial charge < -0.3 is 11.1 Å². The molecule has 0 aliphatic carbocycles. The second-order valence-corrected chi connectivity index (χ2v) is 4.25. The van der Waals surface area contributed by atoms with E-state index >= 15 is 0 Å². The first-order valence-electron chi connectivity index (χ1n) is 3.38. The van der Waals surface area contributed by atoms with Crippen molar-refractivity contribution in [3.8, 4) is 0 Å². The first-order chi connectivity index (χ1) is 5.17. The van der Waals surface area contributed by atoms with Crippen molar-refractivity contribution < 1.29 is 8.42 Å². The lowest BCUT2D eigenvalue weighted by Crippen LogP contribution is -2.31. The van der Waals surface area contributed by atoms with E-state index in [0.717, 1.165) is 0 Å². The van der Waals surface area contributed by atoms with E-state index < -0.39 is 9.84 Å². The van der Waals surface area contributed by atoms with E-state index in [-0.39, 0.29) is 17.5 Å². The highest BCUT2D eigenvalue weighted by molar-refractivity contribution is 8.06. The van der Waals surface area contributed by atoms with Crippen LogP contribution in [0.25, 0.3) is 0 Å². The maximum Gasteiger partial charge on any atom is 0.216 e. The van der Waals surface area contributed by atoms with Gasteiger partial charge in [0.15, 0.2) is 0 Å². The van der Waals surface area contributed by atoms with Crippen LogP contribution >= 0.6 is 0 Å². The minimum absolute atomic E-state index is 0.0289.